The average Bonchev–Trinajstić information content (AvgIpc) is 2.82. The van der Waals surface area contributed by atoms with Crippen LogP contribution in [0.15, 0.2) is 18.2 Å². The minimum atomic E-state index is -0.792. The van der Waals surface area contributed by atoms with E-state index in [9.17, 15) is 9.59 Å². The van der Waals surface area contributed by atoms with Gasteiger partial charge in [-0.1, -0.05) is 24.6 Å². The third-order valence-corrected chi connectivity index (χ3v) is 5.31. The fourth-order valence-corrected chi connectivity index (χ4v) is 3.30. The SMILES string of the molecule is CCC(c1ccc(I)c(Cl)c1)n1c(C(N)=O)c(C(N)=O)[nH]c1=S. The molecule has 2 amide bonds. The van der Waals surface area contributed by atoms with Crippen LogP contribution in [-0.2, 0) is 0 Å². The molecule has 0 bridgehead atoms. The molecule has 0 aliphatic carbocycles. The van der Waals surface area contributed by atoms with Gasteiger partial charge in [-0.2, -0.15) is 0 Å². The Hall–Kier alpha value is -1.39. The van der Waals surface area contributed by atoms with Gasteiger partial charge in [-0.3, -0.25) is 9.59 Å². The zero-order valence-corrected chi connectivity index (χ0v) is 15.8. The number of nitrogens with two attached hydrogens (primary N) is 2. The number of aromatic nitrogens is 2. The lowest BCUT2D eigenvalue weighted by atomic mass is 10.0. The quantitative estimate of drug-likeness (QED) is 0.468. The lowest BCUT2D eigenvalue weighted by Crippen LogP contribution is -2.25. The summed E-state index contributed by atoms with van der Waals surface area (Å²) in [6.45, 7) is 1.93. The number of nitrogens with one attached hydrogen (secondary N) is 1. The summed E-state index contributed by atoms with van der Waals surface area (Å²) in [6.07, 6.45) is 0.613. The van der Waals surface area contributed by atoms with E-state index >= 15 is 0 Å². The summed E-state index contributed by atoms with van der Waals surface area (Å²) in [6, 6.07) is 5.27. The van der Waals surface area contributed by atoms with Gasteiger partial charge in [0.25, 0.3) is 11.8 Å². The Morgan fingerprint density at radius 2 is 2.04 bits per heavy atom. The summed E-state index contributed by atoms with van der Waals surface area (Å²) < 4.78 is 2.64. The minimum absolute atomic E-state index is 0.0241. The Kier molecular flexibility index (Phi) is 5.48. The van der Waals surface area contributed by atoms with Crippen molar-refractivity contribution in [3.63, 3.8) is 0 Å². The normalized spacial score (nSPS) is 12.1. The summed E-state index contributed by atoms with van der Waals surface area (Å²) in [4.78, 5) is 26.0. The molecule has 2 aromatic rings. The molecule has 0 saturated carbocycles. The van der Waals surface area contributed by atoms with Gasteiger partial charge in [0.05, 0.1) is 11.1 Å². The van der Waals surface area contributed by atoms with Crippen molar-refractivity contribution in [2.75, 3.05) is 0 Å². The largest absolute Gasteiger partial charge is 0.364 e. The van der Waals surface area contributed by atoms with Crippen LogP contribution in [0.2, 0.25) is 5.02 Å². The molecule has 6 nitrogen and oxygen atoms in total. The van der Waals surface area contributed by atoms with Gasteiger partial charge in [0.1, 0.15) is 11.4 Å². The maximum Gasteiger partial charge on any atom is 0.267 e. The third kappa shape index (κ3) is 3.43. The van der Waals surface area contributed by atoms with Crippen molar-refractivity contribution < 1.29 is 9.59 Å². The smallest absolute Gasteiger partial charge is 0.267 e. The van der Waals surface area contributed by atoms with E-state index in [1.807, 2.05) is 19.1 Å². The topological polar surface area (TPSA) is 107 Å². The molecule has 0 spiro atoms. The molecule has 1 aromatic heterocycles. The van der Waals surface area contributed by atoms with Gasteiger partial charge < -0.3 is 21.0 Å². The molecule has 0 fully saturated rings. The van der Waals surface area contributed by atoms with Crippen LogP contribution < -0.4 is 11.5 Å². The van der Waals surface area contributed by atoms with Crippen molar-refractivity contribution in [2.24, 2.45) is 11.5 Å². The molecule has 0 aliphatic rings. The Morgan fingerprint density at radius 1 is 1.39 bits per heavy atom. The van der Waals surface area contributed by atoms with Crippen LogP contribution in [0.1, 0.15) is 45.9 Å². The number of carbonyl (C=O) groups excluding carboxylic acids is 2. The molecule has 0 aliphatic heterocycles. The maximum absolute atomic E-state index is 11.8. The van der Waals surface area contributed by atoms with Crippen LogP contribution in [0.5, 0.6) is 0 Å². The van der Waals surface area contributed by atoms with Crippen molar-refractivity contribution in [2.45, 2.75) is 19.4 Å². The van der Waals surface area contributed by atoms with Gasteiger partial charge in [0.15, 0.2) is 4.77 Å². The monoisotopic (exact) mass is 464 g/mol. The van der Waals surface area contributed by atoms with E-state index < -0.39 is 11.8 Å². The van der Waals surface area contributed by atoms with Crippen molar-refractivity contribution in [1.82, 2.24) is 9.55 Å². The number of H-pyrrole nitrogens is 1. The second-order valence-electron chi connectivity index (χ2n) is 4.85. The van der Waals surface area contributed by atoms with Gasteiger partial charge in [-0.25, -0.2) is 0 Å². The van der Waals surface area contributed by atoms with E-state index in [1.165, 1.54) is 4.57 Å². The fourth-order valence-electron chi connectivity index (χ4n) is 2.45. The maximum atomic E-state index is 11.8. The van der Waals surface area contributed by atoms with Crippen molar-refractivity contribution in [1.29, 1.82) is 0 Å². The van der Waals surface area contributed by atoms with Crippen LogP contribution in [0.4, 0.5) is 0 Å². The number of rotatable bonds is 5. The molecule has 1 atom stereocenters. The zero-order valence-electron chi connectivity index (χ0n) is 12.1. The number of primary amides is 2. The Morgan fingerprint density at radius 3 is 2.52 bits per heavy atom. The van der Waals surface area contributed by atoms with Crippen LogP contribution in [-0.4, -0.2) is 21.4 Å². The molecular weight excluding hydrogens is 451 g/mol. The van der Waals surface area contributed by atoms with Crippen LogP contribution >= 0.6 is 46.4 Å². The number of aromatic amines is 1. The summed E-state index contributed by atoms with van der Waals surface area (Å²) in [7, 11) is 0. The van der Waals surface area contributed by atoms with Gasteiger partial charge in [0, 0.05) is 3.57 Å². The van der Waals surface area contributed by atoms with Crippen molar-refractivity contribution in [3.05, 3.63) is 48.5 Å². The molecule has 9 heteroatoms. The lowest BCUT2D eigenvalue weighted by molar-refractivity contribution is 0.0958. The van der Waals surface area contributed by atoms with E-state index in [0.717, 1.165) is 9.13 Å². The minimum Gasteiger partial charge on any atom is -0.364 e. The first kappa shape index (κ1) is 18.0. The number of amides is 2. The van der Waals surface area contributed by atoms with Gasteiger partial charge in [0.2, 0.25) is 0 Å². The number of halogens is 2. The van der Waals surface area contributed by atoms with Crippen LogP contribution in [0.3, 0.4) is 0 Å². The van der Waals surface area contributed by atoms with Gasteiger partial charge in [-0.15, -0.1) is 0 Å². The number of imidazole rings is 1. The third-order valence-electron chi connectivity index (χ3n) is 3.44. The molecule has 1 heterocycles. The number of hydrogen-bond acceptors (Lipinski definition) is 3. The number of hydrogen-bond donors (Lipinski definition) is 3. The van der Waals surface area contributed by atoms with Crippen molar-refractivity contribution in [3.8, 4) is 0 Å². The molecule has 2 rings (SSSR count). The molecule has 0 radical (unpaired) electrons. The van der Waals surface area contributed by atoms with Crippen LogP contribution in [0.25, 0.3) is 0 Å². The fraction of sp³-hybridized carbons (Fsp3) is 0.214. The molecule has 1 unspecified atom stereocenters. The molecule has 5 N–H and O–H groups in total. The second kappa shape index (κ2) is 7.02. The highest BCUT2D eigenvalue weighted by molar-refractivity contribution is 14.1. The van der Waals surface area contributed by atoms with Gasteiger partial charge in [-0.05, 0) is 58.9 Å². The number of carbonyl (C=O) groups is 2. The lowest BCUT2D eigenvalue weighted by Gasteiger charge is -2.20. The first-order valence-electron chi connectivity index (χ1n) is 6.67. The second-order valence-corrected chi connectivity index (χ2v) is 6.81. The van der Waals surface area contributed by atoms with Crippen molar-refractivity contribution >= 4 is 58.2 Å². The average molecular weight is 465 g/mol. The highest BCUT2D eigenvalue weighted by Crippen LogP contribution is 2.29. The molecule has 23 heavy (non-hydrogen) atoms. The van der Waals surface area contributed by atoms with E-state index in [0.29, 0.717) is 11.4 Å². The van der Waals surface area contributed by atoms with E-state index in [2.05, 4.69) is 27.6 Å². The van der Waals surface area contributed by atoms with Crippen LogP contribution in [0, 0.1) is 8.34 Å². The van der Waals surface area contributed by atoms with Gasteiger partial charge >= 0.3 is 0 Å². The highest BCUT2D eigenvalue weighted by Gasteiger charge is 2.26. The van der Waals surface area contributed by atoms with E-state index in [-0.39, 0.29) is 22.2 Å². The highest BCUT2D eigenvalue weighted by atomic mass is 127. The predicted molar refractivity (Wildman–Crippen MR) is 99.3 cm³/mol. The predicted octanol–water partition coefficient (Wildman–Crippen LogP) is 3.00. The first-order valence-corrected chi connectivity index (χ1v) is 8.53. The molecular formula is C14H14ClIN4O2S. The molecule has 1 aromatic carbocycles. The van der Waals surface area contributed by atoms with E-state index in [1.54, 1.807) is 6.07 Å². The summed E-state index contributed by atoms with van der Waals surface area (Å²) >= 11 is 13.6. The number of nitrogens with zero attached hydrogens (tertiary/aromatic N) is 1. The van der Waals surface area contributed by atoms with E-state index in [4.69, 9.17) is 35.3 Å². The summed E-state index contributed by atoms with van der Waals surface area (Å²) in [5.74, 6) is -1.57. The Labute approximate surface area is 156 Å². The molecule has 122 valence electrons. The summed E-state index contributed by atoms with van der Waals surface area (Å²) in [5, 5.41) is 0.597. The summed E-state index contributed by atoms with van der Waals surface area (Å²) in [5.41, 5.74) is 11.5. The number of benzene rings is 1. The standard InChI is InChI=1S/C14H14ClIN4O2S/c1-2-9(6-3-4-8(16)7(15)5-6)20-11(13(18)22)10(12(17)21)19-14(20)23/h3-5,9H,2H2,1H3,(H2,17,21)(H2,18,22)(H,19,23). The zero-order chi connectivity index (χ0) is 17.3. The Balaban J connectivity index is 2.71. The first-order chi connectivity index (χ1) is 10.8. The Bertz CT molecular complexity index is 846. The molecule has 0 saturated heterocycles.